The van der Waals surface area contributed by atoms with Gasteiger partial charge in [-0.15, -0.1) is 0 Å². The number of nitrogens with one attached hydrogen (secondary N) is 1. The maximum atomic E-state index is 16.5. The number of halogens is 1. The molecule has 10 heteroatoms. The van der Waals surface area contributed by atoms with Gasteiger partial charge < -0.3 is 19.5 Å². The third kappa shape index (κ3) is 4.60. The summed E-state index contributed by atoms with van der Waals surface area (Å²) in [7, 11) is 1.62. The molecule has 0 aromatic carbocycles. The molecule has 2 aliphatic rings. The van der Waals surface area contributed by atoms with Gasteiger partial charge >= 0.3 is 0 Å². The first-order valence-corrected chi connectivity index (χ1v) is 14.6. The minimum Gasteiger partial charge on any atom is -0.493 e. The second kappa shape index (κ2) is 10.6. The van der Waals surface area contributed by atoms with E-state index in [1.807, 2.05) is 12.3 Å². The Morgan fingerprint density at radius 2 is 1.85 bits per heavy atom. The summed E-state index contributed by atoms with van der Waals surface area (Å²) in [4.78, 5) is 19.8. The maximum absolute atomic E-state index is 16.5. The van der Waals surface area contributed by atoms with Crippen molar-refractivity contribution in [3.8, 4) is 17.0 Å². The molecule has 1 unspecified atom stereocenters. The maximum Gasteiger partial charge on any atom is 0.197 e. The summed E-state index contributed by atoms with van der Waals surface area (Å²) in [5, 5.41) is 4.92. The molecule has 6 heterocycles. The van der Waals surface area contributed by atoms with Crippen LogP contribution in [0.2, 0.25) is 0 Å². The summed E-state index contributed by atoms with van der Waals surface area (Å²) in [6.45, 7) is 15.9. The first-order valence-electron chi connectivity index (χ1n) is 14.6. The second-order valence-electron chi connectivity index (χ2n) is 12.0. The van der Waals surface area contributed by atoms with Crippen LogP contribution >= 0.6 is 0 Å². The van der Waals surface area contributed by atoms with Crippen LogP contribution in [0.15, 0.2) is 24.8 Å². The average molecular weight is 549 g/mol. The van der Waals surface area contributed by atoms with Crippen LogP contribution in [0.5, 0.6) is 5.75 Å². The zero-order chi connectivity index (χ0) is 28.1. The van der Waals surface area contributed by atoms with Crippen molar-refractivity contribution in [2.45, 2.75) is 71.5 Å². The lowest BCUT2D eigenvalue weighted by Gasteiger charge is -2.46. The highest BCUT2D eigenvalue weighted by atomic mass is 19.1. The largest absolute Gasteiger partial charge is 0.493 e. The molecular formula is C30H41FN8O. The van der Waals surface area contributed by atoms with Gasteiger partial charge in [-0.05, 0) is 64.3 Å². The fourth-order valence-electron chi connectivity index (χ4n) is 6.75. The first kappa shape index (κ1) is 27.0. The van der Waals surface area contributed by atoms with Crippen LogP contribution in [0.4, 0.5) is 10.2 Å². The van der Waals surface area contributed by atoms with Gasteiger partial charge in [0, 0.05) is 54.9 Å². The Hall–Kier alpha value is -3.24. The topological polar surface area (TPSA) is 77.8 Å². The highest BCUT2D eigenvalue weighted by Crippen LogP contribution is 2.40. The quantitative estimate of drug-likeness (QED) is 0.366. The molecule has 4 aromatic rings. The molecule has 0 spiro atoms. The van der Waals surface area contributed by atoms with Crippen molar-refractivity contribution in [2.75, 3.05) is 44.7 Å². The van der Waals surface area contributed by atoms with Crippen LogP contribution in [0, 0.1) is 5.82 Å². The molecule has 4 aromatic heterocycles. The molecule has 40 heavy (non-hydrogen) atoms. The smallest absolute Gasteiger partial charge is 0.197 e. The summed E-state index contributed by atoms with van der Waals surface area (Å²) in [6.07, 6.45) is 7.61. The zero-order valence-electron chi connectivity index (χ0n) is 24.5. The number of fused-ring (bicyclic) bond motifs is 2. The molecule has 2 saturated heterocycles. The van der Waals surface area contributed by atoms with Crippen molar-refractivity contribution in [2.24, 2.45) is 0 Å². The normalized spacial score (nSPS) is 20.0. The first-order chi connectivity index (χ1) is 19.3. The lowest BCUT2D eigenvalue weighted by molar-refractivity contribution is 0.0802. The predicted molar refractivity (Wildman–Crippen MR) is 157 cm³/mol. The van der Waals surface area contributed by atoms with Crippen LogP contribution in [0.1, 0.15) is 58.9 Å². The van der Waals surface area contributed by atoms with Crippen molar-refractivity contribution in [1.82, 2.24) is 34.4 Å². The number of hydrogen-bond donors (Lipinski definition) is 1. The number of rotatable bonds is 6. The van der Waals surface area contributed by atoms with Gasteiger partial charge in [0.05, 0.1) is 24.5 Å². The molecular weight excluding hydrogens is 507 g/mol. The summed E-state index contributed by atoms with van der Waals surface area (Å²) in [5.41, 5.74) is 3.98. The van der Waals surface area contributed by atoms with Crippen molar-refractivity contribution in [3.63, 3.8) is 0 Å². The molecule has 0 amide bonds. The molecule has 0 saturated carbocycles. The molecule has 1 N–H and O–H groups in total. The van der Waals surface area contributed by atoms with E-state index in [2.05, 4.69) is 69.4 Å². The molecule has 0 aliphatic carbocycles. The minimum atomic E-state index is -0.247. The molecule has 9 nitrogen and oxygen atoms in total. The summed E-state index contributed by atoms with van der Waals surface area (Å²) >= 11 is 0. The van der Waals surface area contributed by atoms with E-state index in [0.717, 1.165) is 49.5 Å². The summed E-state index contributed by atoms with van der Waals surface area (Å²) in [6, 6.07) is 3.33. The van der Waals surface area contributed by atoms with Crippen LogP contribution in [0.25, 0.3) is 27.8 Å². The number of nitrogens with zero attached hydrogens (tertiary/aromatic N) is 7. The van der Waals surface area contributed by atoms with Gasteiger partial charge in [0.1, 0.15) is 6.33 Å². The van der Waals surface area contributed by atoms with Crippen LogP contribution in [-0.2, 0) is 0 Å². The van der Waals surface area contributed by atoms with E-state index in [1.165, 1.54) is 19.2 Å². The van der Waals surface area contributed by atoms with Gasteiger partial charge in [0.15, 0.2) is 23.0 Å². The summed E-state index contributed by atoms with van der Waals surface area (Å²) in [5.74, 6) is 0.898. The third-order valence-electron chi connectivity index (χ3n) is 8.90. The third-order valence-corrected chi connectivity index (χ3v) is 8.90. The lowest BCUT2D eigenvalue weighted by atomic mass is 9.96. The van der Waals surface area contributed by atoms with Crippen LogP contribution in [-0.4, -0.2) is 92.3 Å². The Bertz CT molecular complexity index is 1500. The fraction of sp³-hybridized carbons (Fsp3) is 0.567. The van der Waals surface area contributed by atoms with Gasteiger partial charge in [-0.2, -0.15) is 5.10 Å². The van der Waals surface area contributed by atoms with Gasteiger partial charge in [0.25, 0.3) is 0 Å². The lowest BCUT2D eigenvalue weighted by Crippen LogP contribution is -2.57. The van der Waals surface area contributed by atoms with Gasteiger partial charge in [-0.25, -0.2) is 18.9 Å². The van der Waals surface area contributed by atoms with Crippen LogP contribution in [0.3, 0.4) is 0 Å². The Kier molecular flexibility index (Phi) is 7.16. The van der Waals surface area contributed by atoms with E-state index in [-0.39, 0.29) is 17.8 Å². The predicted octanol–water partition coefficient (Wildman–Crippen LogP) is 4.93. The van der Waals surface area contributed by atoms with Crippen molar-refractivity contribution in [1.29, 1.82) is 0 Å². The number of aromatic nitrogens is 5. The number of aromatic amines is 1. The van der Waals surface area contributed by atoms with E-state index in [0.29, 0.717) is 40.2 Å². The fourth-order valence-corrected chi connectivity index (χ4v) is 6.75. The second-order valence-corrected chi connectivity index (χ2v) is 12.0. The zero-order valence-corrected chi connectivity index (χ0v) is 24.5. The van der Waals surface area contributed by atoms with E-state index in [1.54, 1.807) is 17.8 Å². The molecule has 1 atom stereocenters. The highest BCUT2D eigenvalue weighted by Gasteiger charge is 2.33. The highest BCUT2D eigenvalue weighted by molar-refractivity contribution is 5.93. The van der Waals surface area contributed by atoms with Crippen molar-refractivity contribution >= 4 is 22.4 Å². The Balaban J connectivity index is 1.31. The Morgan fingerprint density at radius 1 is 1.07 bits per heavy atom. The number of piperazine rings is 1. The van der Waals surface area contributed by atoms with E-state index >= 15 is 4.39 Å². The van der Waals surface area contributed by atoms with E-state index in [4.69, 9.17) is 4.74 Å². The van der Waals surface area contributed by atoms with Gasteiger partial charge in [-0.3, -0.25) is 4.90 Å². The molecule has 2 fully saturated rings. The molecule has 0 bridgehead atoms. The number of H-pyrrole nitrogens is 1. The Morgan fingerprint density at radius 3 is 2.52 bits per heavy atom. The standard InChI is InChI=1S/C30H41FN8O/c1-18(2)25-26-23(35-28(25)21-13-24(40-6)29-33-17-34-39(29)16-21)14-32-30(27(26)31)38-12-11-37(15-20(38)5)22-7-9-36(10-8-22)19(3)4/h13-14,16-20,22,35H,7-12,15H2,1-6H3. The number of methoxy groups -OCH3 is 1. The van der Waals surface area contributed by atoms with Crippen molar-refractivity contribution in [3.05, 3.63) is 36.2 Å². The van der Waals surface area contributed by atoms with E-state index < -0.39 is 0 Å². The molecule has 0 radical (unpaired) electrons. The Labute approximate surface area is 235 Å². The van der Waals surface area contributed by atoms with Gasteiger partial charge in [-0.1, -0.05) is 13.8 Å². The number of ether oxygens (including phenoxy) is 1. The number of likely N-dealkylation sites (tertiary alicyclic amines) is 1. The monoisotopic (exact) mass is 548 g/mol. The summed E-state index contributed by atoms with van der Waals surface area (Å²) < 4.78 is 23.8. The number of piperidine rings is 1. The molecule has 214 valence electrons. The minimum absolute atomic E-state index is 0.0805. The number of hydrogen-bond acceptors (Lipinski definition) is 7. The van der Waals surface area contributed by atoms with Crippen molar-refractivity contribution < 1.29 is 9.13 Å². The molecule has 6 rings (SSSR count). The number of anilines is 1. The average Bonchev–Trinajstić information content (AvgIpc) is 3.58. The van der Waals surface area contributed by atoms with E-state index in [9.17, 15) is 0 Å². The SMILES string of the molecule is COc1cc(-c2[nH]c3cnc(N4CCN(C5CCN(C(C)C)CC5)CC4C)c(F)c3c2C(C)C)cn2ncnc12. The van der Waals surface area contributed by atoms with Gasteiger partial charge in [0.2, 0.25) is 0 Å². The molecule has 2 aliphatic heterocycles. The van der Waals surface area contributed by atoms with Crippen LogP contribution < -0.4 is 9.64 Å². The number of pyridine rings is 2.